The highest BCUT2D eigenvalue weighted by atomic mass is 79.9. The van der Waals surface area contributed by atoms with Crippen LogP contribution in [-0.2, 0) is 0 Å². The summed E-state index contributed by atoms with van der Waals surface area (Å²) < 4.78 is 2.45. The van der Waals surface area contributed by atoms with E-state index in [0.717, 1.165) is 10.0 Å². The second-order valence-corrected chi connectivity index (χ2v) is 8.90. The molecule has 10 heteroatoms. The molecule has 1 aromatic heterocycles. The number of rotatable bonds is 4. The molecule has 1 heterocycles. The molecule has 0 atom stereocenters. The quantitative estimate of drug-likeness (QED) is 0.282. The van der Waals surface area contributed by atoms with Crippen LogP contribution >= 0.6 is 62.3 Å². The molecular formula is C21H11BrCl4N4O. The van der Waals surface area contributed by atoms with Crippen LogP contribution in [0.2, 0.25) is 20.1 Å². The number of carbonyl (C=O) groups is 1. The van der Waals surface area contributed by atoms with Crippen molar-refractivity contribution in [3.63, 3.8) is 0 Å². The molecule has 0 aliphatic carbocycles. The van der Waals surface area contributed by atoms with Crippen LogP contribution in [0, 0.1) is 0 Å². The number of aromatic nitrogens is 3. The molecule has 156 valence electrons. The highest BCUT2D eigenvalue weighted by molar-refractivity contribution is 9.10. The number of halogens is 5. The first-order valence-corrected chi connectivity index (χ1v) is 11.1. The minimum Gasteiger partial charge on any atom is -0.319 e. The van der Waals surface area contributed by atoms with Gasteiger partial charge in [-0.2, -0.15) is 0 Å². The Morgan fingerprint density at radius 3 is 2.13 bits per heavy atom. The van der Waals surface area contributed by atoms with E-state index >= 15 is 0 Å². The summed E-state index contributed by atoms with van der Waals surface area (Å²) in [6.07, 6.45) is 0. The predicted molar refractivity (Wildman–Crippen MR) is 129 cm³/mol. The van der Waals surface area contributed by atoms with Gasteiger partial charge >= 0.3 is 0 Å². The molecule has 0 radical (unpaired) electrons. The summed E-state index contributed by atoms with van der Waals surface area (Å²) in [4.78, 5) is 17.3. The lowest BCUT2D eigenvalue weighted by Gasteiger charge is -2.07. The van der Waals surface area contributed by atoms with Crippen molar-refractivity contribution in [3.05, 3.63) is 91.1 Å². The molecule has 0 aliphatic heterocycles. The van der Waals surface area contributed by atoms with Crippen molar-refractivity contribution in [1.82, 2.24) is 14.8 Å². The molecule has 0 unspecified atom stereocenters. The molecule has 0 saturated carbocycles. The topological polar surface area (TPSA) is 59.8 Å². The second kappa shape index (κ2) is 9.18. The maximum Gasteiger partial charge on any atom is 0.295 e. The zero-order chi connectivity index (χ0) is 22.1. The third-order valence-electron chi connectivity index (χ3n) is 4.24. The molecule has 0 bridgehead atoms. The standard InChI is InChI=1S/C21H11BrCl4N4O/c22-12-3-1-11(2-4-12)20-28-19(21(31)27-13-5-7-15(23)17(25)9-13)29-30(20)14-6-8-16(24)18(26)10-14/h1-10H,(H,27,31). The zero-order valence-corrected chi connectivity index (χ0v) is 20.0. The summed E-state index contributed by atoms with van der Waals surface area (Å²) in [5, 5.41) is 8.61. The lowest BCUT2D eigenvalue weighted by molar-refractivity contribution is 0.101. The molecule has 0 aliphatic rings. The van der Waals surface area contributed by atoms with E-state index in [0.29, 0.717) is 37.3 Å². The van der Waals surface area contributed by atoms with Crippen molar-refractivity contribution in [2.75, 3.05) is 5.32 Å². The Morgan fingerprint density at radius 1 is 0.839 bits per heavy atom. The Kier molecular flexibility index (Phi) is 6.55. The molecule has 0 saturated heterocycles. The van der Waals surface area contributed by atoms with Gasteiger partial charge in [0.2, 0.25) is 5.82 Å². The van der Waals surface area contributed by atoms with E-state index in [4.69, 9.17) is 46.4 Å². The highest BCUT2D eigenvalue weighted by Crippen LogP contribution is 2.29. The molecular weight excluding hydrogens is 546 g/mol. The van der Waals surface area contributed by atoms with Crippen molar-refractivity contribution < 1.29 is 4.79 Å². The maximum absolute atomic E-state index is 12.8. The fraction of sp³-hybridized carbons (Fsp3) is 0. The van der Waals surface area contributed by atoms with Crippen molar-refractivity contribution in [2.45, 2.75) is 0 Å². The Balaban J connectivity index is 1.76. The van der Waals surface area contributed by atoms with Crippen LogP contribution in [0.1, 0.15) is 10.6 Å². The van der Waals surface area contributed by atoms with Gasteiger partial charge in [0.1, 0.15) is 0 Å². The number of nitrogens with one attached hydrogen (secondary N) is 1. The monoisotopic (exact) mass is 554 g/mol. The third-order valence-corrected chi connectivity index (χ3v) is 6.24. The summed E-state index contributed by atoms with van der Waals surface area (Å²) in [6, 6.07) is 17.3. The normalized spacial score (nSPS) is 10.9. The zero-order valence-electron chi connectivity index (χ0n) is 15.4. The first kappa shape index (κ1) is 22.1. The highest BCUT2D eigenvalue weighted by Gasteiger charge is 2.20. The van der Waals surface area contributed by atoms with Gasteiger partial charge in [-0.05, 0) is 48.5 Å². The molecule has 3 aromatic carbocycles. The van der Waals surface area contributed by atoms with Gasteiger partial charge in [0.05, 0.1) is 25.8 Å². The van der Waals surface area contributed by atoms with E-state index in [1.54, 1.807) is 36.4 Å². The minimum absolute atomic E-state index is 0.0323. The van der Waals surface area contributed by atoms with Gasteiger partial charge in [-0.3, -0.25) is 4.79 Å². The van der Waals surface area contributed by atoms with Crippen LogP contribution in [0.25, 0.3) is 17.1 Å². The number of anilines is 1. The average Bonchev–Trinajstić information content (AvgIpc) is 3.19. The lowest BCUT2D eigenvalue weighted by Crippen LogP contribution is -2.14. The number of hydrogen-bond acceptors (Lipinski definition) is 3. The van der Waals surface area contributed by atoms with E-state index in [2.05, 4.69) is 31.3 Å². The average molecular weight is 557 g/mol. The van der Waals surface area contributed by atoms with Gasteiger partial charge < -0.3 is 5.32 Å². The second-order valence-electron chi connectivity index (χ2n) is 6.36. The molecule has 1 amide bonds. The van der Waals surface area contributed by atoms with Crippen LogP contribution < -0.4 is 5.32 Å². The Bertz CT molecular complexity index is 1290. The number of carbonyl (C=O) groups excluding carboxylic acids is 1. The van der Waals surface area contributed by atoms with E-state index < -0.39 is 5.91 Å². The van der Waals surface area contributed by atoms with Crippen LogP contribution in [0.3, 0.4) is 0 Å². The van der Waals surface area contributed by atoms with E-state index in [-0.39, 0.29) is 5.82 Å². The van der Waals surface area contributed by atoms with Gasteiger partial charge in [-0.15, -0.1) is 5.10 Å². The van der Waals surface area contributed by atoms with Gasteiger partial charge in [-0.25, -0.2) is 9.67 Å². The first-order valence-electron chi connectivity index (χ1n) is 8.76. The summed E-state index contributed by atoms with van der Waals surface area (Å²) in [6.45, 7) is 0. The van der Waals surface area contributed by atoms with Gasteiger partial charge in [0.15, 0.2) is 5.82 Å². The lowest BCUT2D eigenvalue weighted by atomic mass is 10.2. The molecule has 5 nitrogen and oxygen atoms in total. The van der Waals surface area contributed by atoms with E-state index in [9.17, 15) is 4.79 Å². The summed E-state index contributed by atoms with van der Waals surface area (Å²) >= 11 is 27.6. The fourth-order valence-corrected chi connectivity index (χ4v) is 3.61. The largest absolute Gasteiger partial charge is 0.319 e. The molecule has 0 fully saturated rings. The van der Waals surface area contributed by atoms with Gasteiger partial charge in [0.25, 0.3) is 5.91 Å². The van der Waals surface area contributed by atoms with Crippen LogP contribution in [-0.4, -0.2) is 20.7 Å². The van der Waals surface area contributed by atoms with Crippen LogP contribution in [0.15, 0.2) is 65.1 Å². The minimum atomic E-state index is -0.504. The van der Waals surface area contributed by atoms with Gasteiger partial charge in [-0.1, -0.05) is 74.5 Å². The SMILES string of the molecule is O=C(Nc1ccc(Cl)c(Cl)c1)c1nc(-c2ccc(Br)cc2)n(-c2ccc(Cl)c(Cl)c2)n1. The third kappa shape index (κ3) is 4.89. The van der Waals surface area contributed by atoms with Gasteiger partial charge in [0, 0.05) is 15.7 Å². The molecule has 4 rings (SSSR count). The smallest absolute Gasteiger partial charge is 0.295 e. The van der Waals surface area contributed by atoms with E-state index in [1.165, 1.54) is 4.68 Å². The van der Waals surface area contributed by atoms with Crippen molar-refractivity contribution >= 4 is 73.9 Å². The Hall–Kier alpha value is -2.09. The number of nitrogens with zero attached hydrogens (tertiary/aromatic N) is 3. The molecule has 0 spiro atoms. The Morgan fingerprint density at radius 2 is 1.48 bits per heavy atom. The predicted octanol–water partition coefficient (Wildman–Crippen LogP) is 7.56. The van der Waals surface area contributed by atoms with Crippen LogP contribution in [0.5, 0.6) is 0 Å². The Labute approximate surface area is 206 Å². The van der Waals surface area contributed by atoms with Crippen molar-refractivity contribution in [1.29, 1.82) is 0 Å². The number of hydrogen-bond donors (Lipinski definition) is 1. The molecule has 4 aromatic rings. The first-order chi connectivity index (χ1) is 14.8. The summed E-state index contributed by atoms with van der Waals surface area (Å²) in [5.41, 5.74) is 1.83. The molecule has 1 N–H and O–H groups in total. The maximum atomic E-state index is 12.8. The van der Waals surface area contributed by atoms with E-state index in [1.807, 2.05) is 24.3 Å². The van der Waals surface area contributed by atoms with Crippen molar-refractivity contribution in [3.8, 4) is 17.1 Å². The fourth-order valence-electron chi connectivity index (χ4n) is 2.75. The number of amides is 1. The summed E-state index contributed by atoms with van der Waals surface area (Å²) in [5.74, 6) is -0.0733. The summed E-state index contributed by atoms with van der Waals surface area (Å²) in [7, 11) is 0. The molecule has 31 heavy (non-hydrogen) atoms. The number of benzene rings is 3. The van der Waals surface area contributed by atoms with Crippen molar-refractivity contribution in [2.24, 2.45) is 0 Å². The van der Waals surface area contributed by atoms with Crippen LogP contribution in [0.4, 0.5) is 5.69 Å².